The van der Waals surface area contributed by atoms with Crippen LogP contribution in [0.25, 0.3) is 22.1 Å². The lowest BCUT2D eigenvalue weighted by molar-refractivity contribution is 0.0949. The third kappa shape index (κ3) is 3.69. The molecule has 0 spiro atoms. The monoisotopic (exact) mass is 407 g/mol. The van der Waals surface area contributed by atoms with Gasteiger partial charge in [0.1, 0.15) is 28.6 Å². The highest BCUT2D eigenvalue weighted by atomic mass is 16.5. The molecule has 2 aromatic carbocycles. The lowest BCUT2D eigenvalue weighted by atomic mass is 9.99. The molecule has 0 fully saturated rings. The number of fused-ring (bicyclic) bond motifs is 1. The van der Waals surface area contributed by atoms with Crippen LogP contribution in [0.2, 0.25) is 0 Å². The molecule has 2 heterocycles. The summed E-state index contributed by atoms with van der Waals surface area (Å²) in [7, 11) is 4.72. The van der Waals surface area contributed by atoms with Crippen molar-refractivity contribution in [2.45, 2.75) is 6.54 Å². The maximum absolute atomic E-state index is 13.1. The molecule has 2 aromatic heterocycles. The van der Waals surface area contributed by atoms with Gasteiger partial charge in [-0.1, -0.05) is 0 Å². The van der Waals surface area contributed by atoms with E-state index in [1.54, 1.807) is 64.2 Å². The highest BCUT2D eigenvalue weighted by molar-refractivity contribution is 6.11. The third-order valence-electron chi connectivity index (χ3n) is 4.79. The van der Waals surface area contributed by atoms with Gasteiger partial charge in [0.15, 0.2) is 0 Å². The van der Waals surface area contributed by atoms with Crippen molar-refractivity contribution in [2.24, 2.45) is 0 Å². The smallest absolute Gasteiger partial charge is 0.252 e. The molecule has 7 nitrogen and oxygen atoms in total. The first-order chi connectivity index (χ1) is 14.6. The number of nitrogens with one attached hydrogen (secondary N) is 1. The molecule has 1 N–H and O–H groups in total. The fraction of sp³-hybridized carbons (Fsp3) is 0.174. The van der Waals surface area contributed by atoms with Gasteiger partial charge in [0.05, 0.1) is 46.0 Å². The Labute approximate surface area is 173 Å². The van der Waals surface area contributed by atoms with E-state index in [-0.39, 0.29) is 12.5 Å². The van der Waals surface area contributed by atoms with Crippen LogP contribution in [0.1, 0.15) is 16.1 Å². The summed E-state index contributed by atoms with van der Waals surface area (Å²) >= 11 is 0. The predicted molar refractivity (Wildman–Crippen MR) is 111 cm³/mol. The van der Waals surface area contributed by atoms with Crippen molar-refractivity contribution in [2.75, 3.05) is 21.3 Å². The molecular formula is C23H21NO6. The Bertz CT molecular complexity index is 1150. The van der Waals surface area contributed by atoms with E-state index in [1.807, 2.05) is 12.1 Å². The summed E-state index contributed by atoms with van der Waals surface area (Å²) in [6, 6.07) is 12.5. The predicted octanol–water partition coefficient (Wildman–Crippen LogP) is 4.65. The van der Waals surface area contributed by atoms with Crippen LogP contribution in [0.4, 0.5) is 0 Å². The third-order valence-corrected chi connectivity index (χ3v) is 4.79. The lowest BCUT2D eigenvalue weighted by Crippen LogP contribution is -2.22. The largest absolute Gasteiger partial charge is 0.497 e. The van der Waals surface area contributed by atoms with Crippen LogP contribution in [0, 0.1) is 0 Å². The molecule has 30 heavy (non-hydrogen) atoms. The fourth-order valence-electron chi connectivity index (χ4n) is 3.29. The van der Waals surface area contributed by atoms with Crippen LogP contribution in [-0.2, 0) is 6.54 Å². The second kappa shape index (κ2) is 8.24. The van der Waals surface area contributed by atoms with E-state index in [0.717, 1.165) is 11.1 Å². The molecule has 0 atom stereocenters. The SMILES string of the molecule is COc1cc(OC)cc(-c2coc3cc(OC)cc(C(=O)NCc4ccco4)c23)c1. The van der Waals surface area contributed by atoms with Gasteiger partial charge >= 0.3 is 0 Å². The van der Waals surface area contributed by atoms with E-state index in [9.17, 15) is 4.79 Å². The first-order valence-corrected chi connectivity index (χ1v) is 9.26. The highest BCUT2D eigenvalue weighted by Crippen LogP contribution is 2.38. The molecule has 1 amide bonds. The molecule has 7 heteroatoms. The van der Waals surface area contributed by atoms with Crippen molar-refractivity contribution in [1.82, 2.24) is 5.32 Å². The Balaban J connectivity index is 1.81. The van der Waals surface area contributed by atoms with Gasteiger partial charge in [-0.3, -0.25) is 4.79 Å². The normalized spacial score (nSPS) is 10.8. The van der Waals surface area contributed by atoms with Crippen LogP contribution in [0.15, 0.2) is 63.8 Å². The minimum absolute atomic E-state index is 0.269. The zero-order chi connectivity index (χ0) is 21.1. The Morgan fingerprint density at radius 3 is 2.27 bits per heavy atom. The average Bonchev–Trinajstić information content (AvgIpc) is 3.46. The summed E-state index contributed by atoms with van der Waals surface area (Å²) in [4.78, 5) is 13.1. The van der Waals surface area contributed by atoms with Crippen LogP contribution in [-0.4, -0.2) is 27.2 Å². The number of hydrogen-bond acceptors (Lipinski definition) is 6. The van der Waals surface area contributed by atoms with Gasteiger partial charge in [-0.15, -0.1) is 0 Å². The van der Waals surface area contributed by atoms with Gasteiger partial charge < -0.3 is 28.4 Å². The zero-order valence-corrected chi connectivity index (χ0v) is 16.9. The number of furan rings is 2. The minimum Gasteiger partial charge on any atom is -0.497 e. The summed E-state index contributed by atoms with van der Waals surface area (Å²) in [5.74, 6) is 2.18. The summed E-state index contributed by atoms with van der Waals surface area (Å²) in [5, 5.41) is 3.55. The number of carbonyl (C=O) groups excluding carboxylic acids is 1. The number of rotatable bonds is 7. The summed E-state index contributed by atoms with van der Waals surface area (Å²) in [5.41, 5.74) is 2.51. The molecule has 154 valence electrons. The maximum Gasteiger partial charge on any atom is 0.252 e. The van der Waals surface area contributed by atoms with Gasteiger partial charge in [0, 0.05) is 23.1 Å². The molecule has 0 aliphatic rings. The molecule has 4 rings (SSSR count). The summed E-state index contributed by atoms with van der Waals surface area (Å²) in [6.45, 7) is 0.269. The van der Waals surface area contributed by atoms with Gasteiger partial charge in [-0.25, -0.2) is 0 Å². The molecule has 0 radical (unpaired) electrons. The number of benzene rings is 2. The molecular weight excluding hydrogens is 386 g/mol. The number of methoxy groups -OCH3 is 3. The molecule has 0 aliphatic carbocycles. The van der Waals surface area contributed by atoms with Crippen LogP contribution >= 0.6 is 0 Å². The molecule has 0 saturated heterocycles. The lowest BCUT2D eigenvalue weighted by Gasteiger charge is -2.10. The van der Waals surface area contributed by atoms with Gasteiger partial charge in [-0.2, -0.15) is 0 Å². The van der Waals surface area contributed by atoms with Crippen LogP contribution in [0.3, 0.4) is 0 Å². The van der Waals surface area contributed by atoms with E-state index in [0.29, 0.717) is 39.5 Å². The van der Waals surface area contributed by atoms with E-state index in [2.05, 4.69) is 5.32 Å². The second-order valence-electron chi connectivity index (χ2n) is 6.56. The Morgan fingerprint density at radius 2 is 1.63 bits per heavy atom. The molecule has 0 aliphatic heterocycles. The molecule has 0 unspecified atom stereocenters. The standard InChI is InChI=1S/C23H21NO6/c1-26-16-7-14(8-17(9-16)27-2)20-13-30-21-11-18(28-3)10-19(22(20)21)23(25)24-12-15-5-4-6-29-15/h4-11,13H,12H2,1-3H3,(H,24,25). The fourth-order valence-corrected chi connectivity index (χ4v) is 3.29. The van der Waals surface area contributed by atoms with Crippen molar-refractivity contribution >= 4 is 16.9 Å². The van der Waals surface area contributed by atoms with E-state index in [1.165, 1.54) is 0 Å². The quantitative estimate of drug-likeness (QED) is 0.480. The number of hydrogen-bond donors (Lipinski definition) is 1. The van der Waals surface area contributed by atoms with Crippen LogP contribution < -0.4 is 19.5 Å². The summed E-state index contributed by atoms with van der Waals surface area (Å²) in [6.07, 6.45) is 3.18. The van der Waals surface area contributed by atoms with Gasteiger partial charge in [0.25, 0.3) is 5.91 Å². The first-order valence-electron chi connectivity index (χ1n) is 9.26. The topological polar surface area (TPSA) is 83.1 Å². The zero-order valence-electron chi connectivity index (χ0n) is 16.9. The number of carbonyl (C=O) groups is 1. The van der Waals surface area contributed by atoms with Gasteiger partial charge in [-0.05, 0) is 35.9 Å². The highest BCUT2D eigenvalue weighted by Gasteiger charge is 2.20. The number of amides is 1. The van der Waals surface area contributed by atoms with Crippen molar-refractivity contribution in [3.8, 4) is 28.4 Å². The molecule has 0 saturated carbocycles. The Morgan fingerprint density at radius 1 is 0.933 bits per heavy atom. The maximum atomic E-state index is 13.1. The van der Waals surface area contributed by atoms with Crippen molar-refractivity contribution in [1.29, 1.82) is 0 Å². The minimum atomic E-state index is -0.271. The first kappa shape index (κ1) is 19.4. The molecule has 0 bridgehead atoms. The Kier molecular flexibility index (Phi) is 5.34. The summed E-state index contributed by atoms with van der Waals surface area (Å²) < 4.78 is 27.2. The van der Waals surface area contributed by atoms with Crippen molar-refractivity contribution in [3.05, 3.63) is 66.3 Å². The van der Waals surface area contributed by atoms with Crippen LogP contribution in [0.5, 0.6) is 17.2 Å². The second-order valence-corrected chi connectivity index (χ2v) is 6.56. The van der Waals surface area contributed by atoms with Gasteiger partial charge in [0.2, 0.25) is 0 Å². The van der Waals surface area contributed by atoms with Crippen molar-refractivity contribution < 1.29 is 27.8 Å². The number of ether oxygens (including phenoxy) is 3. The average molecular weight is 407 g/mol. The Hall–Kier alpha value is -3.87. The van der Waals surface area contributed by atoms with E-state index >= 15 is 0 Å². The van der Waals surface area contributed by atoms with E-state index in [4.69, 9.17) is 23.0 Å². The van der Waals surface area contributed by atoms with E-state index < -0.39 is 0 Å². The molecule has 4 aromatic rings. The van der Waals surface area contributed by atoms with Crippen molar-refractivity contribution in [3.63, 3.8) is 0 Å².